The first-order chi connectivity index (χ1) is 9.29. The molecule has 0 unspecified atom stereocenters. The van der Waals surface area contributed by atoms with Crippen molar-refractivity contribution in [3.8, 4) is 0 Å². The number of nitrogens with zero attached hydrogens (tertiary/aromatic N) is 3. The van der Waals surface area contributed by atoms with E-state index in [1.807, 2.05) is 10.8 Å². The maximum Gasteiger partial charge on any atom is 0.252 e. The van der Waals surface area contributed by atoms with Crippen molar-refractivity contribution in [3.05, 3.63) is 42.6 Å². The summed E-state index contributed by atoms with van der Waals surface area (Å²) in [5.74, 6) is 0.650. The van der Waals surface area contributed by atoms with Crippen LogP contribution >= 0.6 is 0 Å². The number of imidazole rings is 1. The van der Waals surface area contributed by atoms with E-state index in [0.29, 0.717) is 12.1 Å². The predicted octanol–water partition coefficient (Wildman–Crippen LogP) is 1.14. The van der Waals surface area contributed by atoms with Crippen LogP contribution in [0.5, 0.6) is 0 Å². The summed E-state index contributed by atoms with van der Waals surface area (Å²) in [5.41, 5.74) is 0.571. The number of rotatable bonds is 6. The van der Waals surface area contributed by atoms with E-state index in [4.69, 9.17) is 0 Å². The van der Waals surface area contributed by atoms with Crippen LogP contribution in [0, 0.1) is 0 Å². The molecule has 100 valence electrons. The standard InChI is InChI=1S/C13H17N5O/c1-14-12-4-3-11(9-17-12)13(19)16-5-2-7-18-8-6-15-10-18/h3-4,6,8-10H,2,5,7H2,1H3,(H,14,17)(H,16,19). The Morgan fingerprint density at radius 1 is 1.42 bits per heavy atom. The zero-order chi connectivity index (χ0) is 13.5. The molecule has 0 bridgehead atoms. The molecule has 0 fully saturated rings. The molecular weight excluding hydrogens is 242 g/mol. The second kappa shape index (κ2) is 6.53. The number of carbonyl (C=O) groups excluding carboxylic acids is 1. The summed E-state index contributed by atoms with van der Waals surface area (Å²) in [6.07, 6.45) is 7.85. The van der Waals surface area contributed by atoms with E-state index < -0.39 is 0 Å². The van der Waals surface area contributed by atoms with Gasteiger partial charge in [-0.2, -0.15) is 0 Å². The highest BCUT2D eigenvalue weighted by Crippen LogP contribution is 2.03. The van der Waals surface area contributed by atoms with Gasteiger partial charge in [-0.15, -0.1) is 0 Å². The largest absolute Gasteiger partial charge is 0.373 e. The van der Waals surface area contributed by atoms with Gasteiger partial charge in [-0.3, -0.25) is 4.79 Å². The third kappa shape index (κ3) is 3.80. The van der Waals surface area contributed by atoms with Crippen LogP contribution in [0.4, 0.5) is 5.82 Å². The molecule has 2 N–H and O–H groups in total. The zero-order valence-corrected chi connectivity index (χ0v) is 10.8. The molecule has 2 rings (SSSR count). The molecule has 2 aromatic heterocycles. The van der Waals surface area contributed by atoms with Crippen LogP contribution in [0.15, 0.2) is 37.1 Å². The van der Waals surface area contributed by atoms with Crippen LogP contribution < -0.4 is 10.6 Å². The smallest absolute Gasteiger partial charge is 0.252 e. The number of pyridine rings is 1. The SMILES string of the molecule is CNc1ccc(C(=O)NCCCn2ccnc2)cn1. The van der Waals surface area contributed by atoms with Gasteiger partial charge in [0.25, 0.3) is 5.91 Å². The minimum atomic E-state index is -0.0965. The first-order valence-corrected chi connectivity index (χ1v) is 6.17. The lowest BCUT2D eigenvalue weighted by molar-refractivity contribution is 0.0952. The molecule has 0 spiro atoms. The minimum Gasteiger partial charge on any atom is -0.373 e. The molecule has 2 heterocycles. The Kier molecular flexibility index (Phi) is 4.49. The maximum absolute atomic E-state index is 11.8. The van der Waals surface area contributed by atoms with Crippen molar-refractivity contribution in [1.29, 1.82) is 0 Å². The van der Waals surface area contributed by atoms with E-state index in [1.54, 1.807) is 37.9 Å². The molecule has 19 heavy (non-hydrogen) atoms. The van der Waals surface area contributed by atoms with E-state index >= 15 is 0 Å². The summed E-state index contributed by atoms with van der Waals surface area (Å²) in [5, 5.41) is 5.78. The van der Waals surface area contributed by atoms with Crippen LogP contribution in [-0.2, 0) is 6.54 Å². The average molecular weight is 259 g/mol. The molecule has 0 atom stereocenters. The molecule has 0 aliphatic carbocycles. The Bertz CT molecular complexity index is 506. The second-order valence-corrected chi connectivity index (χ2v) is 4.09. The van der Waals surface area contributed by atoms with Crippen molar-refractivity contribution in [2.75, 3.05) is 18.9 Å². The fraction of sp³-hybridized carbons (Fsp3) is 0.308. The van der Waals surface area contributed by atoms with Crippen molar-refractivity contribution < 1.29 is 4.79 Å². The molecule has 0 aliphatic heterocycles. The number of nitrogens with one attached hydrogen (secondary N) is 2. The molecule has 0 saturated carbocycles. The highest BCUT2D eigenvalue weighted by Gasteiger charge is 2.04. The van der Waals surface area contributed by atoms with Crippen molar-refractivity contribution in [1.82, 2.24) is 19.9 Å². The van der Waals surface area contributed by atoms with Gasteiger partial charge >= 0.3 is 0 Å². The summed E-state index contributed by atoms with van der Waals surface area (Å²) < 4.78 is 1.98. The Hall–Kier alpha value is -2.37. The maximum atomic E-state index is 11.8. The number of hydrogen-bond donors (Lipinski definition) is 2. The van der Waals surface area contributed by atoms with E-state index in [0.717, 1.165) is 18.8 Å². The van der Waals surface area contributed by atoms with Gasteiger partial charge in [-0.05, 0) is 18.6 Å². The lowest BCUT2D eigenvalue weighted by Crippen LogP contribution is -2.25. The van der Waals surface area contributed by atoms with Gasteiger partial charge in [0.2, 0.25) is 0 Å². The van der Waals surface area contributed by atoms with E-state index in [2.05, 4.69) is 20.6 Å². The van der Waals surface area contributed by atoms with Gasteiger partial charge < -0.3 is 15.2 Å². The Morgan fingerprint density at radius 2 is 2.32 bits per heavy atom. The molecule has 0 saturated heterocycles. The van der Waals surface area contributed by atoms with Crippen molar-refractivity contribution in [2.24, 2.45) is 0 Å². The average Bonchev–Trinajstić information content (AvgIpc) is 2.96. The van der Waals surface area contributed by atoms with Gasteiger partial charge in [-0.1, -0.05) is 0 Å². The number of anilines is 1. The second-order valence-electron chi connectivity index (χ2n) is 4.09. The highest BCUT2D eigenvalue weighted by atomic mass is 16.1. The number of aryl methyl sites for hydroxylation is 1. The van der Waals surface area contributed by atoms with Crippen molar-refractivity contribution in [3.63, 3.8) is 0 Å². The number of carbonyl (C=O) groups is 1. The molecule has 6 heteroatoms. The third-order valence-corrected chi connectivity index (χ3v) is 2.72. The molecule has 0 radical (unpaired) electrons. The third-order valence-electron chi connectivity index (χ3n) is 2.72. The normalized spacial score (nSPS) is 10.2. The van der Waals surface area contributed by atoms with Gasteiger partial charge in [0.1, 0.15) is 5.82 Å². The van der Waals surface area contributed by atoms with E-state index in [-0.39, 0.29) is 5.91 Å². The van der Waals surface area contributed by atoms with E-state index in [1.165, 1.54) is 0 Å². The molecule has 0 aliphatic rings. The summed E-state index contributed by atoms with van der Waals surface area (Å²) in [7, 11) is 1.79. The van der Waals surface area contributed by atoms with Gasteiger partial charge in [-0.25, -0.2) is 9.97 Å². The van der Waals surface area contributed by atoms with Gasteiger partial charge in [0.05, 0.1) is 11.9 Å². The van der Waals surface area contributed by atoms with Gasteiger partial charge in [0, 0.05) is 38.7 Å². The first-order valence-electron chi connectivity index (χ1n) is 6.17. The van der Waals surface area contributed by atoms with Crippen LogP contribution in [0.25, 0.3) is 0 Å². The number of aromatic nitrogens is 3. The van der Waals surface area contributed by atoms with Crippen LogP contribution in [0.2, 0.25) is 0 Å². The monoisotopic (exact) mass is 259 g/mol. The van der Waals surface area contributed by atoms with Gasteiger partial charge in [0.15, 0.2) is 0 Å². The topological polar surface area (TPSA) is 71.8 Å². The lowest BCUT2D eigenvalue weighted by atomic mass is 10.2. The lowest BCUT2D eigenvalue weighted by Gasteiger charge is -2.06. The number of hydrogen-bond acceptors (Lipinski definition) is 4. The highest BCUT2D eigenvalue weighted by molar-refractivity contribution is 5.93. The first kappa shape index (κ1) is 13.1. The Balaban J connectivity index is 1.74. The summed E-state index contributed by atoms with van der Waals surface area (Å²) in [4.78, 5) is 19.9. The van der Waals surface area contributed by atoms with Crippen LogP contribution in [0.3, 0.4) is 0 Å². The number of amides is 1. The quantitative estimate of drug-likeness (QED) is 0.763. The molecule has 1 amide bonds. The Morgan fingerprint density at radius 3 is 2.95 bits per heavy atom. The minimum absolute atomic E-state index is 0.0965. The van der Waals surface area contributed by atoms with Crippen LogP contribution in [0.1, 0.15) is 16.8 Å². The molecule has 6 nitrogen and oxygen atoms in total. The van der Waals surface area contributed by atoms with E-state index in [9.17, 15) is 4.79 Å². The zero-order valence-electron chi connectivity index (χ0n) is 10.8. The molecule has 2 aromatic rings. The molecule has 0 aromatic carbocycles. The van der Waals surface area contributed by atoms with Crippen molar-refractivity contribution >= 4 is 11.7 Å². The summed E-state index contributed by atoms with van der Waals surface area (Å²) >= 11 is 0. The molecular formula is C13H17N5O. The summed E-state index contributed by atoms with van der Waals surface area (Å²) in [6, 6.07) is 3.53. The van der Waals surface area contributed by atoms with Crippen LogP contribution in [-0.4, -0.2) is 34.0 Å². The Labute approximate surface area is 111 Å². The predicted molar refractivity (Wildman–Crippen MR) is 73.0 cm³/mol. The summed E-state index contributed by atoms with van der Waals surface area (Å²) in [6.45, 7) is 1.47. The fourth-order valence-electron chi connectivity index (χ4n) is 1.66. The fourth-order valence-corrected chi connectivity index (χ4v) is 1.66. The van der Waals surface area contributed by atoms with Crippen molar-refractivity contribution in [2.45, 2.75) is 13.0 Å².